The van der Waals surface area contributed by atoms with E-state index in [9.17, 15) is 19.2 Å². The second kappa shape index (κ2) is 9.69. The Labute approximate surface area is 219 Å². The van der Waals surface area contributed by atoms with Gasteiger partial charge in [-0.2, -0.15) is 0 Å². The summed E-state index contributed by atoms with van der Waals surface area (Å²) in [5.74, 6) is -1.76. The zero-order chi connectivity index (χ0) is 27.1. The van der Waals surface area contributed by atoms with Crippen molar-refractivity contribution in [3.05, 3.63) is 81.0 Å². The molecule has 2 bridgehead atoms. The summed E-state index contributed by atoms with van der Waals surface area (Å²) < 4.78 is 22.4. The maximum absolute atomic E-state index is 12.8. The Balaban J connectivity index is 1.86. The second-order valence-electron chi connectivity index (χ2n) is 9.02. The van der Waals surface area contributed by atoms with E-state index in [0.717, 1.165) is 29.8 Å². The zero-order valence-corrected chi connectivity index (χ0v) is 20.7. The van der Waals surface area contributed by atoms with Crippen LogP contribution in [-0.2, 0) is 9.59 Å². The van der Waals surface area contributed by atoms with Crippen LogP contribution >= 0.6 is 0 Å². The number of carbonyl (C=O) groups is 2. The van der Waals surface area contributed by atoms with Gasteiger partial charge in [0.2, 0.25) is 5.75 Å². The Kier molecular flexibility index (Phi) is 6.04. The fraction of sp³-hybridized carbons (Fsp3) is 0.179. The molecule has 0 unspecified atom stereocenters. The van der Waals surface area contributed by atoms with Gasteiger partial charge in [0, 0.05) is 62.1 Å². The molecular weight excluding hydrogens is 506 g/mol. The van der Waals surface area contributed by atoms with E-state index >= 15 is 0 Å². The van der Waals surface area contributed by atoms with Crippen molar-refractivity contribution in [3.63, 3.8) is 0 Å². The van der Waals surface area contributed by atoms with Crippen LogP contribution in [-0.4, -0.2) is 43.1 Å². The molecule has 0 amide bonds. The lowest BCUT2D eigenvalue weighted by Crippen LogP contribution is -2.44. The number of ether oxygens (including phenoxy) is 2. The Hall–Kier alpha value is -5.03. The molecule has 0 radical (unpaired) electrons. The van der Waals surface area contributed by atoms with Gasteiger partial charge in [-0.15, -0.1) is 0 Å². The number of nitrogens with zero attached hydrogens (tertiary/aromatic N) is 2. The highest BCUT2D eigenvalue weighted by molar-refractivity contribution is 6.15. The number of esters is 2. The normalized spacial score (nSPS) is 16.2. The number of piperazine rings is 1. The lowest BCUT2D eigenvalue weighted by molar-refractivity contribution is -0.133. The van der Waals surface area contributed by atoms with Crippen LogP contribution in [0.1, 0.15) is 5.56 Å². The van der Waals surface area contributed by atoms with Crippen LogP contribution in [0, 0.1) is 6.92 Å². The molecule has 1 N–H and O–H groups in total. The van der Waals surface area contributed by atoms with Crippen molar-refractivity contribution in [1.82, 2.24) is 10.3 Å². The topological polar surface area (TPSA) is 141 Å². The molecule has 0 saturated carbocycles. The summed E-state index contributed by atoms with van der Waals surface area (Å²) in [6, 6.07) is 10.7. The highest BCUT2D eigenvalue weighted by atomic mass is 16.6. The molecule has 0 atom stereocenters. The largest absolute Gasteiger partial charge is 0.419 e. The number of benzene rings is 2. The molecule has 4 aromatic rings. The minimum atomic E-state index is -0.939. The molecule has 11 heteroatoms. The van der Waals surface area contributed by atoms with Gasteiger partial charge in [0.25, 0.3) is 0 Å². The van der Waals surface area contributed by atoms with E-state index in [4.69, 9.17) is 23.3 Å². The molecule has 2 aliphatic rings. The molecule has 0 aliphatic carbocycles. The summed E-state index contributed by atoms with van der Waals surface area (Å²) in [5, 5.41) is 3.52. The first-order valence-electron chi connectivity index (χ1n) is 12.2. The highest BCUT2D eigenvalue weighted by Crippen LogP contribution is 2.45. The molecule has 11 nitrogen and oxygen atoms in total. The maximum Gasteiger partial charge on any atom is 0.336 e. The van der Waals surface area contributed by atoms with Gasteiger partial charge in [-0.1, -0.05) is 29.8 Å². The Morgan fingerprint density at radius 2 is 1.46 bits per heavy atom. The third-order valence-electron chi connectivity index (χ3n) is 6.37. The highest BCUT2D eigenvalue weighted by Gasteiger charge is 2.28. The molecule has 4 heterocycles. The Bertz CT molecular complexity index is 1830. The predicted octanol–water partition coefficient (Wildman–Crippen LogP) is 2.62. The minimum absolute atomic E-state index is 0.149. The van der Waals surface area contributed by atoms with Gasteiger partial charge >= 0.3 is 23.2 Å². The Morgan fingerprint density at radius 1 is 0.821 bits per heavy atom. The van der Waals surface area contributed by atoms with Gasteiger partial charge in [-0.25, -0.2) is 24.2 Å². The summed E-state index contributed by atoms with van der Waals surface area (Å²) in [6.45, 7) is 4.45. The fourth-order valence-electron chi connectivity index (χ4n) is 4.60. The molecule has 2 aromatic heterocycles. The number of aryl methyl sites for hydroxylation is 1. The zero-order valence-electron chi connectivity index (χ0n) is 20.7. The molecule has 2 aliphatic heterocycles. The van der Waals surface area contributed by atoms with E-state index in [1.54, 1.807) is 0 Å². The number of anilines is 1. The van der Waals surface area contributed by atoms with Crippen LogP contribution in [0.4, 0.5) is 5.82 Å². The van der Waals surface area contributed by atoms with Crippen LogP contribution in [0.2, 0.25) is 0 Å². The number of hydrogen-bond acceptors (Lipinski definition) is 11. The first kappa shape index (κ1) is 24.3. The number of rotatable bonds is 2. The molecule has 6 rings (SSSR count). The molecule has 1 saturated heterocycles. The van der Waals surface area contributed by atoms with E-state index in [1.165, 1.54) is 6.07 Å². The summed E-state index contributed by atoms with van der Waals surface area (Å²) in [7, 11) is 0. The molecule has 39 heavy (non-hydrogen) atoms. The molecule has 1 fully saturated rings. The van der Waals surface area contributed by atoms with Crippen molar-refractivity contribution in [2.75, 3.05) is 31.1 Å². The van der Waals surface area contributed by atoms with Crippen LogP contribution in [0.15, 0.2) is 73.0 Å². The first-order chi connectivity index (χ1) is 18.9. The number of aromatic nitrogens is 1. The number of nitrogens with one attached hydrogen (secondary N) is 1. The maximum atomic E-state index is 12.8. The fourth-order valence-corrected chi connectivity index (χ4v) is 4.60. The van der Waals surface area contributed by atoms with Gasteiger partial charge in [-0.3, -0.25) is 0 Å². The van der Waals surface area contributed by atoms with Crippen molar-refractivity contribution >= 4 is 39.8 Å². The van der Waals surface area contributed by atoms with Crippen molar-refractivity contribution in [2.24, 2.45) is 0 Å². The quantitative estimate of drug-likeness (QED) is 0.304. The van der Waals surface area contributed by atoms with Crippen molar-refractivity contribution in [3.8, 4) is 22.6 Å². The van der Waals surface area contributed by atoms with Gasteiger partial charge in [0.1, 0.15) is 0 Å². The average Bonchev–Trinajstić information content (AvgIpc) is 2.92. The van der Waals surface area contributed by atoms with Crippen LogP contribution in [0.3, 0.4) is 0 Å². The number of pyridine rings is 1. The van der Waals surface area contributed by atoms with E-state index in [2.05, 4.69) is 5.32 Å². The van der Waals surface area contributed by atoms with E-state index in [1.807, 2.05) is 36.1 Å². The molecule has 196 valence electrons. The van der Waals surface area contributed by atoms with E-state index < -0.39 is 23.2 Å². The number of fused-ring (bicyclic) bond motifs is 3. The summed E-state index contributed by atoms with van der Waals surface area (Å²) >= 11 is 0. The van der Waals surface area contributed by atoms with Crippen molar-refractivity contribution in [1.29, 1.82) is 0 Å². The van der Waals surface area contributed by atoms with Gasteiger partial charge < -0.3 is 28.5 Å². The van der Waals surface area contributed by atoms with Crippen LogP contribution < -0.4 is 30.9 Å². The number of carbonyl (C=O) groups excluding carboxylic acids is 2. The third-order valence-corrected chi connectivity index (χ3v) is 6.37. The van der Waals surface area contributed by atoms with Crippen LogP contribution in [0.25, 0.3) is 33.2 Å². The third kappa shape index (κ3) is 4.59. The summed E-state index contributed by atoms with van der Waals surface area (Å²) in [5.41, 5.74) is 0.485. The lowest BCUT2D eigenvalue weighted by Gasteiger charge is -2.29. The smallest absolute Gasteiger partial charge is 0.336 e. The first-order valence-corrected chi connectivity index (χ1v) is 12.2. The predicted molar refractivity (Wildman–Crippen MR) is 141 cm³/mol. The monoisotopic (exact) mass is 527 g/mol. The lowest BCUT2D eigenvalue weighted by atomic mass is 9.98. The number of hydrogen-bond donors (Lipinski definition) is 1. The SMILES string of the molecule is Cc1ccc(-c2c3oc(=O)ccc(=O)oc4c5c(cc(nc3N3CCNCC3)c24)OC(=O)/C=C\C(=O)O5)cc1. The summed E-state index contributed by atoms with van der Waals surface area (Å²) in [6.07, 6.45) is 1.84. The van der Waals surface area contributed by atoms with Crippen LogP contribution in [0.5, 0.6) is 11.5 Å². The second-order valence-corrected chi connectivity index (χ2v) is 9.02. The summed E-state index contributed by atoms with van der Waals surface area (Å²) in [4.78, 5) is 57.1. The van der Waals surface area contributed by atoms with Crippen molar-refractivity contribution < 1.29 is 27.9 Å². The average molecular weight is 527 g/mol. The Morgan fingerprint density at radius 3 is 2.15 bits per heavy atom. The van der Waals surface area contributed by atoms with Crippen molar-refractivity contribution in [2.45, 2.75) is 6.92 Å². The van der Waals surface area contributed by atoms with E-state index in [-0.39, 0.29) is 33.6 Å². The van der Waals surface area contributed by atoms with E-state index in [0.29, 0.717) is 43.1 Å². The molecular formula is C28H21N3O8. The standard InChI is InChI=1S/C28H21N3O8/c1-15-2-4-16(5-3-15)23-24-17-14-18-25(37-20(33)7-6-19(32)36-18)26(24)38-21(34)8-9-22(35)39-27(23)28(30-17)31-12-10-29-11-13-31/h2-9,14,29H,10-13H2,1H3/b7-6-,9-8?. The minimum Gasteiger partial charge on any atom is -0.419 e. The van der Waals surface area contributed by atoms with Gasteiger partial charge in [0.15, 0.2) is 22.7 Å². The molecule has 2 aromatic carbocycles. The molecule has 0 spiro atoms. The van der Waals surface area contributed by atoms with Gasteiger partial charge in [-0.05, 0) is 12.5 Å². The van der Waals surface area contributed by atoms with Gasteiger partial charge in [0.05, 0.1) is 10.9 Å².